The Kier molecular flexibility index (Phi) is 2.40. The van der Waals surface area contributed by atoms with Gasteiger partial charge in [-0.25, -0.2) is 0 Å². The third kappa shape index (κ3) is 1.52. The van der Waals surface area contributed by atoms with Gasteiger partial charge in [0.05, 0.1) is 6.10 Å². The van der Waals surface area contributed by atoms with E-state index in [0.717, 1.165) is 24.4 Å². The van der Waals surface area contributed by atoms with Crippen molar-refractivity contribution >= 4 is 0 Å². The minimum absolute atomic E-state index is 0.631. The lowest BCUT2D eigenvalue weighted by atomic mass is 9.75. The summed E-state index contributed by atoms with van der Waals surface area (Å²) < 4.78 is 5.74. The molecule has 0 aromatic rings. The normalized spacial score (nSPS) is 41.8. The van der Waals surface area contributed by atoms with E-state index in [0.29, 0.717) is 6.10 Å². The molecule has 0 aromatic heterocycles. The Morgan fingerprint density at radius 3 is 2.75 bits per heavy atom. The zero-order chi connectivity index (χ0) is 8.55. The van der Waals surface area contributed by atoms with Gasteiger partial charge in [0.1, 0.15) is 0 Å². The van der Waals surface area contributed by atoms with E-state index in [9.17, 15) is 0 Å². The predicted molar refractivity (Wildman–Crippen MR) is 50.0 cm³/mol. The van der Waals surface area contributed by atoms with Crippen LogP contribution in [0.25, 0.3) is 0 Å². The molecule has 1 nitrogen and oxygen atoms in total. The number of hydrogen-bond donors (Lipinski definition) is 0. The van der Waals surface area contributed by atoms with Crippen LogP contribution in [0.2, 0.25) is 0 Å². The molecule has 0 spiro atoms. The Morgan fingerprint density at radius 1 is 1.17 bits per heavy atom. The number of rotatable bonds is 1. The second kappa shape index (κ2) is 3.37. The summed E-state index contributed by atoms with van der Waals surface area (Å²) in [6, 6.07) is 0. The monoisotopic (exact) mass is 168 g/mol. The van der Waals surface area contributed by atoms with Crippen molar-refractivity contribution in [3.8, 4) is 0 Å². The molecule has 3 atom stereocenters. The summed E-state index contributed by atoms with van der Waals surface area (Å²) >= 11 is 0. The molecule has 1 aliphatic heterocycles. The fraction of sp³-hybridized carbons (Fsp3) is 1.00. The molecule has 0 amide bonds. The lowest BCUT2D eigenvalue weighted by molar-refractivity contribution is 0.0360. The molecule has 1 heterocycles. The SMILES string of the molecule is CC(C)C1CCC2CCOC2C1. The highest BCUT2D eigenvalue weighted by Crippen LogP contribution is 2.39. The predicted octanol–water partition coefficient (Wildman–Crippen LogP) is 2.85. The van der Waals surface area contributed by atoms with E-state index in [1.54, 1.807) is 0 Å². The highest BCUT2D eigenvalue weighted by Gasteiger charge is 2.35. The van der Waals surface area contributed by atoms with Gasteiger partial charge in [-0.15, -0.1) is 0 Å². The van der Waals surface area contributed by atoms with Crippen LogP contribution in [0, 0.1) is 17.8 Å². The third-order valence-corrected chi connectivity index (χ3v) is 3.73. The molecule has 0 aromatic carbocycles. The van der Waals surface area contributed by atoms with Crippen LogP contribution in [0.5, 0.6) is 0 Å². The van der Waals surface area contributed by atoms with Crippen LogP contribution in [-0.2, 0) is 4.74 Å². The van der Waals surface area contributed by atoms with E-state index < -0.39 is 0 Å². The first-order chi connectivity index (χ1) is 5.77. The molecule has 1 heteroatoms. The van der Waals surface area contributed by atoms with Crippen LogP contribution in [0.15, 0.2) is 0 Å². The standard InChI is InChI=1S/C11H20O/c1-8(2)10-4-3-9-5-6-12-11(9)7-10/h8-11H,3-7H2,1-2H3. The number of hydrogen-bond acceptors (Lipinski definition) is 1. The lowest BCUT2D eigenvalue weighted by Crippen LogP contribution is -2.28. The molecule has 1 saturated heterocycles. The minimum atomic E-state index is 0.631. The molecule has 2 aliphatic rings. The van der Waals surface area contributed by atoms with Crippen molar-refractivity contribution in [2.24, 2.45) is 17.8 Å². The highest BCUT2D eigenvalue weighted by molar-refractivity contribution is 4.85. The fourth-order valence-corrected chi connectivity index (χ4v) is 2.73. The third-order valence-electron chi connectivity index (χ3n) is 3.73. The van der Waals surface area contributed by atoms with Crippen molar-refractivity contribution in [3.05, 3.63) is 0 Å². The van der Waals surface area contributed by atoms with E-state index in [1.807, 2.05) is 0 Å². The van der Waals surface area contributed by atoms with Gasteiger partial charge in [-0.05, 0) is 43.4 Å². The largest absolute Gasteiger partial charge is 0.378 e. The average molecular weight is 168 g/mol. The summed E-state index contributed by atoms with van der Waals surface area (Å²) in [6.07, 6.45) is 6.17. The van der Waals surface area contributed by atoms with Gasteiger partial charge in [0.25, 0.3) is 0 Å². The van der Waals surface area contributed by atoms with Gasteiger partial charge >= 0.3 is 0 Å². The zero-order valence-electron chi connectivity index (χ0n) is 8.25. The summed E-state index contributed by atoms with van der Waals surface area (Å²) in [6.45, 7) is 5.72. The quantitative estimate of drug-likeness (QED) is 0.585. The molecule has 3 unspecified atom stereocenters. The smallest absolute Gasteiger partial charge is 0.0606 e. The fourth-order valence-electron chi connectivity index (χ4n) is 2.73. The van der Waals surface area contributed by atoms with Crippen LogP contribution >= 0.6 is 0 Å². The summed E-state index contributed by atoms with van der Waals surface area (Å²) in [5.41, 5.74) is 0. The number of ether oxygens (including phenoxy) is 1. The Labute approximate surface area is 75.5 Å². The second-order valence-electron chi connectivity index (χ2n) is 4.78. The molecule has 0 radical (unpaired) electrons. The Hall–Kier alpha value is -0.0400. The van der Waals surface area contributed by atoms with Crippen LogP contribution in [0.1, 0.15) is 39.5 Å². The van der Waals surface area contributed by atoms with Gasteiger partial charge < -0.3 is 4.74 Å². The van der Waals surface area contributed by atoms with Crippen molar-refractivity contribution in [1.82, 2.24) is 0 Å². The second-order valence-corrected chi connectivity index (χ2v) is 4.78. The molecule has 2 rings (SSSR count). The summed E-state index contributed by atoms with van der Waals surface area (Å²) in [5, 5.41) is 0. The maximum Gasteiger partial charge on any atom is 0.0606 e. The van der Waals surface area contributed by atoms with Gasteiger partial charge in [-0.1, -0.05) is 13.8 Å². The molecule has 1 aliphatic carbocycles. The Bertz CT molecular complexity index is 153. The van der Waals surface area contributed by atoms with E-state index in [2.05, 4.69) is 13.8 Å². The first kappa shape index (κ1) is 8.55. The highest BCUT2D eigenvalue weighted by atomic mass is 16.5. The van der Waals surface area contributed by atoms with Crippen LogP contribution in [0.3, 0.4) is 0 Å². The lowest BCUT2D eigenvalue weighted by Gasteiger charge is -2.32. The zero-order valence-corrected chi connectivity index (χ0v) is 8.25. The van der Waals surface area contributed by atoms with Crippen molar-refractivity contribution in [2.45, 2.75) is 45.6 Å². The van der Waals surface area contributed by atoms with Crippen molar-refractivity contribution < 1.29 is 4.74 Å². The van der Waals surface area contributed by atoms with Gasteiger partial charge in [0, 0.05) is 6.61 Å². The average Bonchev–Trinajstić information content (AvgIpc) is 2.49. The summed E-state index contributed by atoms with van der Waals surface area (Å²) in [4.78, 5) is 0. The minimum Gasteiger partial charge on any atom is -0.378 e. The molecule has 1 saturated carbocycles. The van der Waals surface area contributed by atoms with Crippen LogP contribution in [0.4, 0.5) is 0 Å². The topological polar surface area (TPSA) is 9.23 Å². The van der Waals surface area contributed by atoms with Gasteiger partial charge in [-0.2, -0.15) is 0 Å². The van der Waals surface area contributed by atoms with Gasteiger partial charge in [-0.3, -0.25) is 0 Å². The first-order valence-corrected chi connectivity index (χ1v) is 5.39. The Balaban J connectivity index is 1.92. The van der Waals surface area contributed by atoms with E-state index in [-0.39, 0.29) is 0 Å². The van der Waals surface area contributed by atoms with Gasteiger partial charge in [0.2, 0.25) is 0 Å². The molecular formula is C11H20O. The Morgan fingerprint density at radius 2 is 2.00 bits per heavy atom. The van der Waals surface area contributed by atoms with E-state index in [4.69, 9.17) is 4.74 Å². The van der Waals surface area contributed by atoms with Crippen LogP contribution < -0.4 is 0 Å². The molecule has 2 fully saturated rings. The van der Waals surface area contributed by atoms with Crippen molar-refractivity contribution in [2.75, 3.05) is 6.61 Å². The molecular weight excluding hydrogens is 148 g/mol. The maximum absolute atomic E-state index is 5.74. The number of fused-ring (bicyclic) bond motifs is 1. The summed E-state index contributed by atoms with van der Waals surface area (Å²) in [5.74, 6) is 2.71. The van der Waals surface area contributed by atoms with E-state index in [1.165, 1.54) is 25.7 Å². The van der Waals surface area contributed by atoms with Crippen molar-refractivity contribution in [3.63, 3.8) is 0 Å². The first-order valence-electron chi connectivity index (χ1n) is 5.39. The summed E-state index contributed by atoms with van der Waals surface area (Å²) in [7, 11) is 0. The molecule has 70 valence electrons. The van der Waals surface area contributed by atoms with E-state index >= 15 is 0 Å². The maximum atomic E-state index is 5.74. The molecule has 0 bridgehead atoms. The molecule has 0 N–H and O–H groups in total. The van der Waals surface area contributed by atoms with Gasteiger partial charge in [0.15, 0.2) is 0 Å². The van der Waals surface area contributed by atoms with Crippen molar-refractivity contribution in [1.29, 1.82) is 0 Å². The van der Waals surface area contributed by atoms with Crippen LogP contribution in [-0.4, -0.2) is 12.7 Å². The molecule has 12 heavy (non-hydrogen) atoms.